The second-order valence-corrected chi connectivity index (χ2v) is 9.92. The van der Waals surface area contributed by atoms with Crippen molar-refractivity contribution < 1.29 is 28.8 Å². The van der Waals surface area contributed by atoms with E-state index in [2.05, 4.69) is 45.2 Å². The highest BCUT2D eigenvalue weighted by Crippen LogP contribution is 2.35. The number of benzene rings is 2. The number of hydrogen-bond donors (Lipinski definition) is 0. The molecule has 33 heavy (non-hydrogen) atoms. The Morgan fingerprint density at radius 1 is 1.21 bits per heavy atom. The van der Waals surface area contributed by atoms with Crippen molar-refractivity contribution in [3.8, 4) is 5.75 Å². The third-order valence-electron chi connectivity index (χ3n) is 4.29. The molecule has 2 aromatic carbocycles. The summed E-state index contributed by atoms with van der Waals surface area (Å²) in [5.74, 6) is -0.407. The van der Waals surface area contributed by atoms with Gasteiger partial charge in [-0.2, -0.15) is 0 Å². The number of nitrogens with zero attached hydrogens (tertiary/aromatic N) is 2. The molecular formula is C21H16I2N2O7S. The van der Waals surface area contributed by atoms with Gasteiger partial charge in [0.1, 0.15) is 5.75 Å². The average Bonchev–Trinajstić information content (AvgIpc) is 3.01. The number of carbonyl (C=O) groups is 3. The van der Waals surface area contributed by atoms with E-state index < -0.39 is 22.0 Å². The number of imide groups is 1. The number of nitro benzene ring substituents is 1. The van der Waals surface area contributed by atoms with Gasteiger partial charge in [0.05, 0.1) is 30.1 Å². The largest absolute Gasteiger partial charge is 0.480 e. The minimum atomic E-state index is -0.527. The van der Waals surface area contributed by atoms with Crippen LogP contribution in [0.25, 0.3) is 6.08 Å². The van der Waals surface area contributed by atoms with E-state index in [4.69, 9.17) is 9.47 Å². The number of carbonyl (C=O) groups excluding carboxylic acids is 3. The Bertz CT molecular complexity index is 1150. The van der Waals surface area contributed by atoms with Gasteiger partial charge in [-0.15, -0.1) is 0 Å². The molecule has 1 aliphatic rings. The first-order valence-corrected chi connectivity index (χ1v) is 12.4. The number of non-ortho nitro benzene ring substituents is 1. The molecule has 1 saturated heterocycles. The van der Waals surface area contributed by atoms with Crippen LogP contribution in [-0.2, 0) is 20.9 Å². The molecule has 1 aliphatic heterocycles. The van der Waals surface area contributed by atoms with Crippen LogP contribution in [-0.4, -0.2) is 40.2 Å². The monoisotopic (exact) mass is 694 g/mol. The second kappa shape index (κ2) is 11.3. The molecule has 0 spiro atoms. The molecule has 0 bridgehead atoms. The molecule has 0 saturated carbocycles. The van der Waals surface area contributed by atoms with Gasteiger partial charge in [0.2, 0.25) is 0 Å². The summed E-state index contributed by atoms with van der Waals surface area (Å²) in [4.78, 5) is 48.5. The van der Waals surface area contributed by atoms with Crippen molar-refractivity contribution in [1.29, 1.82) is 0 Å². The topological polar surface area (TPSA) is 116 Å². The molecule has 0 atom stereocenters. The summed E-state index contributed by atoms with van der Waals surface area (Å²) in [5, 5.41) is 10.5. The third-order valence-corrected chi connectivity index (χ3v) is 6.80. The van der Waals surface area contributed by atoms with E-state index in [1.807, 2.05) is 0 Å². The minimum Gasteiger partial charge on any atom is -0.480 e. The van der Waals surface area contributed by atoms with Crippen LogP contribution in [0.1, 0.15) is 18.1 Å². The lowest BCUT2D eigenvalue weighted by atomic mass is 10.2. The Morgan fingerprint density at radius 3 is 2.55 bits per heavy atom. The fourth-order valence-electron chi connectivity index (χ4n) is 2.87. The summed E-state index contributed by atoms with van der Waals surface area (Å²) >= 11 is 4.94. The van der Waals surface area contributed by atoms with E-state index >= 15 is 0 Å². The number of rotatable bonds is 8. The minimum absolute atomic E-state index is 0.0562. The Labute approximate surface area is 220 Å². The van der Waals surface area contributed by atoms with Crippen molar-refractivity contribution in [3.05, 3.63) is 69.7 Å². The highest BCUT2D eigenvalue weighted by molar-refractivity contribution is 14.1. The van der Waals surface area contributed by atoms with Crippen LogP contribution in [0.2, 0.25) is 0 Å². The number of thioether (sulfide) groups is 1. The number of nitro groups is 1. The van der Waals surface area contributed by atoms with Gasteiger partial charge in [-0.05, 0) is 93.2 Å². The van der Waals surface area contributed by atoms with E-state index in [9.17, 15) is 24.5 Å². The maximum Gasteiger partial charge on any atom is 0.344 e. The summed E-state index contributed by atoms with van der Waals surface area (Å²) in [5.41, 5.74) is 1.07. The fraction of sp³-hybridized carbons (Fsp3) is 0.190. The SMILES string of the molecule is CCOC(=O)COc1c(I)cc(/C=C2/SC(=O)N(Cc3cccc([N+](=O)[O-])c3)C2=O)cc1I. The van der Waals surface area contributed by atoms with Crippen LogP contribution in [0.3, 0.4) is 0 Å². The fourth-order valence-corrected chi connectivity index (χ4v) is 5.84. The lowest BCUT2D eigenvalue weighted by molar-refractivity contribution is -0.384. The number of hydrogen-bond acceptors (Lipinski definition) is 8. The van der Waals surface area contributed by atoms with Crippen molar-refractivity contribution in [3.63, 3.8) is 0 Å². The Balaban J connectivity index is 1.76. The molecule has 3 rings (SSSR count). The quantitative estimate of drug-likeness (QED) is 0.125. The molecule has 2 aromatic rings. The summed E-state index contributed by atoms with van der Waals surface area (Å²) < 4.78 is 11.9. The summed E-state index contributed by atoms with van der Waals surface area (Å²) in [6, 6.07) is 9.38. The highest BCUT2D eigenvalue weighted by Gasteiger charge is 2.35. The number of amides is 2. The molecule has 2 amide bonds. The van der Waals surface area contributed by atoms with Crippen LogP contribution < -0.4 is 4.74 Å². The van der Waals surface area contributed by atoms with Crippen LogP contribution in [0.15, 0.2) is 41.3 Å². The van der Waals surface area contributed by atoms with E-state index in [-0.39, 0.29) is 30.4 Å². The number of esters is 1. The molecule has 0 aliphatic carbocycles. The molecular weight excluding hydrogens is 678 g/mol. The normalized spacial score (nSPS) is 14.6. The highest BCUT2D eigenvalue weighted by atomic mass is 127. The van der Waals surface area contributed by atoms with Crippen molar-refractivity contribution >= 4 is 85.8 Å². The molecule has 0 unspecified atom stereocenters. The lowest BCUT2D eigenvalue weighted by Crippen LogP contribution is -2.27. The molecule has 0 N–H and O–H groups in total. The average molecular weight is 694 g/mol. The van der Waals surface area contributed by atoms with Crippen molar-refractivity contribution in [2.45, 2.75) is 13.5 Å². The smallest absolute Gasteiger partial charge is 0.344 e. The van der Waals surface area contributed by atoms with Gasteiger partial charge in [0.15, 0.2) is 6.61 Å². The molecule has 1 heterocycles. The van der Waals surface area contributed by atoms with Crippen LogP contribution >= 0.6 is 56.9 Å². The first-order chi connectivity index (χ1) is 15.7. The van der Waals surface area contributed by atoms with Gasteiger partial charge in [-0.25, -0.2) is 4.79 Å². The van der Waals surface area contributed by atoms with Crippen LogP contribution in [0.5, 0.6) is 5.75 Å². The number of ether oxygens (including phenoxy) is 2. The number of halogens is 2. The standard InChI is InChI=1S/C21H16I2N2O7S/c1-2-31-18(26)11-32-19-15(22)7-13(8-16(19)23)9-17-20(27)24(21(28)33-17)10-12-4-3-5-14(6-12)25(29)30/h3-9H,2,10-11H2,1H3/b17-9+. The molecule has 9 nitrogen and oxygen atoms in total. The molecule has 12 heteroatoms. The third kappa shape index (κ3) is 6.44. The van der Waals surface area contributed by atoms with E-state index in [0.29, 0.717) is 16.9 Å². The van der Waals surface area contributed by atoms with Crippen molar-refractivity contribution in [1.82, 2.24) is 4.90 Å². The molecule has 0 aromatic heterocycles. The van der Waals surface area contributed by atoms with E-state index in [0.717, 1.165) is 23.8 Å². The summed E-state index contributed by atoms with van der Waals surface area (Å²) in [6.07, 6.45) is 1.61. The first kappa shape index (κ1) is 25.4. The summed E-state index contributed by atoms with van der Waals surface area (Å²) in [7, 11) is 0. The van der Waals surface area contributed by atoms with E-state index in [1.54, 1.807) is 31.2 Å². The van der Waals surface area contributed by atoms with Gasteiger partial charge >= 0.3 is 5.97 Å². The van der Waals surface area contributed by atoms with Gasteiger partial charge < -0.3 is 9.47 Å². The predicted molar refractivity (Wildman–Crippen MR) is 139 cm³/mol. The Morgan fingerprint density at radius 2 is 1.91 bits per heavy atom. The van der Waals surface area contributed by atoms with E-state index in [1.165, 1.54) is 18.2 Å². The predicted octanol–water partition coefficient (Wildman–Crippen LogP) is 4.98. The second-order valence-electron chi connectivity index (χ2n) is 6.60. The zero-order valence-corrected chi connectivity index (χ0v) is 22.2. The maximum absolute atomic E-state index is 12.8. The van der Waals surface area contributed by atoms with Crippen LogP contribution in [0, 0.1) is 17.3 Å². The van der Waals surface area contributed by atoms with Gasteiger partial charge in [0.25, 0.3) is 16.8 Å². The summed E-state index contributed by atoms with van der Waals surface area (Å²) in [6.45, 7) is 1.71. The zero-order valence-electron chi connectivity index (χ0n) is 17.1. The molecule has 0 radical (unpaired) electrons. The van der Waals surface area contributed by atoms with Crippen molar-refractivity contribution in [2.24, 2.45) is 0 Å². The van der Waals surface area contributed by atoms with Gasteiger partial charge in [-0.1, -0.05) is 12.1 Å². The van der Waals surface area contributed by atoms with Gasteiger partial charge in [0, 0.05) is 12.1 Å². The zero-order chi connectivity index (χ0) is 24.1. The Kier molecular flexibility index (Phi) is 8.69. The lowest BCUT2D eigenvalue weighted by Gasteiger charge is -2.12. The molecule has 172 valence electrons. The Hall–Kier alpha value is -2.20. The maximum atomic E-state index is 12.8. The van der Waals surface area contributed by atoms with Crippen LogP contribution in [0.4, 0.5) is 10.5 Å². The van der Waals surface area contributed by atoms with Crippen molar-refractivity contribution in [2.75, 3.05) is 13.2 Å². The van der Waals surface area contributed by atoms with Gasteiger partial charge in [-0.3, -0.25) is 24.6 Å². The first-order valence-electron chi connectivity index (χ1n) is 9.45. The molecule has 1 fully saturated rings.